The number of amides is 1. The predicted molar refractivity (Wildman–Crippen MR) is 72.0 cm³/mol. The molecule has 2 atom stereocenters. The Balaban J connectivity index is 2.28. The highest BCUT2D eigenvalue weighted by Gasteiger charge is 2.41. The van der Waals surface area contributed by atoms with Crippen molar-refractivity contribution in [3.05, 3.63) is 35.4 Å². The van der Waals surface area contributed by atoms with Gasteiger partial charge < -0.3 is 10.4 Å². The molecule has 0 spiro atoms. The fourth-order valence-corrected chi connectivity index (χ4v) is 2.45. The number of rotatable bonds is 2. The Morgan fingerprint density at radius 3 is 2.32 bits per heavy atom. The smallest absolute Gasteiger partial charge is 0.316 e. The Bertz CT molecular complexity index is 499. The van der Waals surface area contributed by atoms with E-state index in [9.17, 15) is 9.59 Å². The molecule has 4 heteroatoms. The van der Waals surface area contributed by atoms with Crippen LogP contribution in [0.5, 0.6) is 0 Å². The van der Waals surface area contributed by atoms with E-state index in [4.69, 9.17) is 5.11 Å². The number of carboxylic acids is 1. The first-order chi connectivity index (χ1) is 8.80. The largest absolute Gasteiger partial charge is 0.481 e. The van der Waals surface area contributed by atoms with Crippen LogP contribution >= 0.6 is 0 Å². The van der Waals surface area contributed by atoms with Gasteiger partial charge in [0.25, 0.3) is 0 Å². The molecule has 2 rings (SSSR count). The van der Waals surface area contributed by atoms with Crippen molar-refractivity contribution in [2.24, 2.45) is 5.92 Å². The fourth-order valence-electron chi connectivity index (χ4n) is 2.45. The number of carbonyl (C=O) groups is 2. The maximum atomic E-state index is 11.5. The molecular weight excluding hydrogens is 242 g/mol. The van der Waals surface area contributed by atoms with E-state index in [1.807, 2.05) is 24.3 Å². The highest BCUT2D eigenvalue weighted by molar-refractivity contribution is 5.99. The van der Waals surface area contributed by atoms with Crippen LogP contribution in [0.25, 0.3) is 0 Å². The molecule has 0 bridgehead atoms. The van der Waals surface area contributed by atoms with Crippen LogP contribution in [-0.2, 0) is 15.0 Å². The SMILES string of the molecule is CC(C)(C)c1ccc([C@H]2CNC(=O)[C@H]2C(=O)O)cc1. The lowest BCUT2D eigenvalue weighted by molar-refractivity contribution is -0.145. The Hall–Kier alpha value is -1.84. The van der Waals surface area contributed by atoms with E-state index in [1.165, 1.54) is 5.56 Å². The fraction of sp³-hybridized carbons (Fsp3) is 0.467. The lowest BCUT2D eigenvalue weighted by Crippen LogP contribution is -2.26. The number of hydrogen-bond donors (Lipinski definition) is 2. The molecule has 102 valence electrons. The van der Waals surface area contributed by atoms with Gasteiger partial charge in [-0.2, -0.15) is 0 Å². The summed E-state index contributed by atoms with van der Waals surface area (Å²) < 4.78 is 0. The zero-order chi connectivity index (χ0) is 14.2. The first kappa shape index (κ1) is 13.6. The zero-order valence-corrected chi connectivity index (χ0v) is 11.4. The van der Waals surface area contributed by atoms with Crippen molar-refractivity contribution in [2.75, 3.05) is 6.54 Å². The van der Waals surface area contributed by atoms with Gasteiger partial charge >= 0.3 is 5.97 Å². The molecule has 19 heavy (non-hydrogen) atoms. The summed E-state index contributed by atoms with van der Waals surface area (Å²) in [6.45, 7) is 6.78. The summed E-state index contributed by atoms with van der Waals surface area (Å²) in [6.07, 6.45) is 0. The molecule has 0 unspecified atom stereocenters. The number of benzene rings is 1. The van der Waals surface area contributed by atoms with Crippen LogP contribution in [0.3, 0.4) is 0 Å². The van der Waals surface area contributed by atoms with Crippen molar-refractivity contribution in [3.8, 4) is 0 Å². The quantitative estimate of drug-likeness (QED) is 0.799. The lowest BCUT2D eigenvalue weighted by Gasteiger charge is -2.20. The Labute approximate surface area is 112 Å². The highest BCUT2D eigenvalue weighted by atomic mass is 16.4. The van der Waals surface area contributed by atoms with Crippen LogP contribution in [0.4, 0.5) is 0 Å². The van der Waals surface area contributed by atoms with Crippen molar-refractivity contribution in [3.63, 3.8) is 0 Å². The van der Waals surface area contributed by atoms with Crippen LogP contribution in [0.1, 0.15) is 37.8 Å². The molecule has 1 aromatic carbocycles. The molecule has 1 amide bonds. The normalized spacial score (nSPS) is 23.2. The highest BCUT2D eigenvalue weighted by Crippen LogP contribution is 2.31. The van der Waals surface area contributed by atoms with Crippen molar-refractivity contribution in [1.82, 2.24) is 5.32 Å². The zero-order valence-electron chi connectivity index (χ0n) is 11.4. The Morgan fingerprint density at radius 1 is 1.26 bits per heavy atom. The molecule has 1 aromatic rings. The molecule has 4 nitrogen and oxygen atoms in total. The third-order valence-corrected chi connectivity index (χ3v) is 3.65. The Kier molecular flexibility index (Phi) is 3.35. The second-order valence-corrected chi connectivity index (χ2v) is 6.04. The van der Waals surface area contributed by atoms with Gasteiger partial charge in [-0.25, -0.2) is 0 Å². The molecular formula is C15H19NO3. The van der Waals surface area contributed by atoms with Crippen molar-refractivity contribution in [2.45, 2.75) is 32.1 Å². The molecule has 1 fully saturated rings. The van der Waals surface area contributed by atoms with E-state index in [0.29, 0.717) is 6.54 Å². The summed E-state index contributed by atoms with van der Waals surface area (Å²) in [5, 5.41) is 11.8. The van der Waals surface area contributed by atoms with E-state index in [1.54, 1.807) is 0 Å². The molecule has 0 saturated carbocycles. The minimum Gasteiger partial charge on any atom is -0.481 e. The summed E-state index contributed by atoms with van der Waals surface area (Å²) in [5.74, 6) is -2.70. The van der Waals surface area contributed by atoms with E-state index >= 15 is 0 Å². The van der Waals surface area contributed by atoms with Gasteiger partial charge in [-0.3, -0.25) is 9.59 Å². The van der Waals surface area contributed by atoms with Crippen molar-refractivity contribution in [1.29, 1.82) is 0 Å². The summed E-state index contributed by atoms with van der Waals surface area (Å²) in [7, 11) is 0. The van der Waals surface area contributed by atoms with Crippen LogP contribution in [-0.4, -0.2) is 23.5 Å². The standard InChI is InChI=1S/C15H19NO3/c1-15(2,3)10-6-4-9(5-7-10)11-8-16-13(17)12(11)14(18)19/h4-7,11-12H,8H2,1-3H3,(H,16,17)(H,18,19)/t11-,12+/m1/s1. The Morgan fingerprint density at radius 2 is 1.84 bits per heavy atom. The van der Waals surface area contributed by atoms with Gasteiger partial charge in [0.2, 0.25) is 5.91 Å². The predicted octanol–water partition coefficient (Wildman–Crippen LogP) is 1.90. The van der Waals surface area contributed by atoms with E-state index < -0.39 is 17.8 Å². The molecule has 1 saturated heterocycles. The van der Waals surface area contributed by atoms with Gasteiger partial charge in [-0.05, 0) is 16.5 Å². The molecule has 0 aliphatic carbocycles. The van der Waals surface area contributed by atoms with E-state index in [0.717, 1.165) is 5.56 Å². The summed E-state index contributed by atoms with van der Waals surface area (Å²) in [4.78, 5) is 22.7. The van der Waals surface area contributed by atoms with Gasteiger partial charge in [0.1, 0.15) is 5.92 Å². The third-order valence-electron chi connectivity index (χ3n) is 3.65. The summed E-state index contributed by atoms with van der Waals surface area (Å²) in [5.41, 5.74) is 2.16. The first-order valence-corrected chi connectivity index (χ1v) is 6.41. The average Bonchev–Trinajstić information content (AvgIpc) is 2.70. The lowest BCUT2D eigenvalue weighted by atomic mass is 9.83. The molecule has 0 radical (unpaired) electrons. The second kappa shape index (κ2) is 4.68. The number of carboxylic acid groups (broad SMARTS) is 1. The van der Waals surface area contributed by atoms with Crippen LogP contribution in [0.2, 0.25) is 0 Å². The first-order valence-electron chi connectivity index (χ1n) is 6.41. The molecule has 0 aromatic heterocycles. The second-order valence-electron chi connectivity index (χ2n) is 6.04. The number of carbonyl (C=O) groups excluding carboxylic acids is 1. The third kappa shape index (κ3) is 2.62. The van der Waals surface area contributed by atoms with Crippen LogP contribution < -0.4 is 5.32 Å². The maximum Gasteiger partial charge on any atom is 0.316 e. The molecule has 2 N–H and O–H groups in total. The minimum atomic E-state index is -1.06. The number of aliphatic carboxylic acids is 1. The van der Waals surface area contributed by atoms with Gasteiger partial charge in [0.05, 0.1) is 0 Å². The van der Waals surface area contributed by atoms with Crippen LogP contribution in [0.15, 0.2) is 24.3 Å². The summed E-state index contributed by atoms with van der Waals surface area (Å²) >= 11 is 0. The van der Waals surface area contributed by atoms with Gasteiger partial charge in [0.15, 0.2) is 0 Å². The number of hydrogen-bond acceptors (Lipinski definition) is 2. The van der Waals surface area contributed by atoms with Crippen LogP contribution in [0, 0.1) is 5.92 Å². The number of nitrogens with one attached hydrogen (secondary N) is 1. The molecule has 1 heterocycles. The maximum absolute atomic E-state index is 11.5. The van der Waals surface area contributed by atoms with E-state index in [-0.39, 0.29) is 11.3 Å². The van der Waals surface area contributed by atoms with Crippen molar-refractivity contribution >= 4 is 11.9 Å². The van der Waals surface area contributed by atoms with Gasteiger partial charge in [-0.15, -0.1) is 0 Å². The van der Waals surface area contributed by atoms with Gasteiger partial charge in [-0.1, -0.05) is 45.0 Å². The molecule has 1 aliphatic rings. The van der Waals surface area contributed by atoms with Gasteiger partial charge in [0, 0.05) is 12.5 Å². The average molecular weight is 261 g/mol. The minimum absolute atomic E-state index is 0.0640. The molecule has 1 aliphatic heterocycles. The monoisotopic (exact) mass is 261 g/mol. The van der Waals surface area contributed by atoms with Crippen molar-refractivity contribution < 1.29 is 14.7 Å². The van der Waals surface area contributed by atoms with E-state index in [2.05, 4.69) is 26.1 Å². The summed E-state index contributed by atoms with van der Waals surface area (Å²) in [6, 6.07) is 7.89. The topological polar surface area (TPSA) is 66.4 Å².